The van der Waals surface area contributed by atoms with Gasteiger partial charge in [0.05, 0.1) is 29.5 Å². The Morgan fingerprint density at radius 2 is 2.26 bits per heavy atom. The standard InChI is InChI=1S/C15H24N2O2S.C2HF3O2/c1-3-18-13-7-15(19-9-13)5-4-6-17(10-15)8-14-12(2)16-11-20-14;3-2(4,5)1(6)7/h11,13H,3-10H2,1-2H3;(H,6,7)/t13-,15+;/m1./s1. The number of piperidine rings is 1. The maximum absolute atomic E-state index is 10.6. The normalized spacial score (nSPS) is 26.0. The summed E-state index contributed by atoms with van der Waals surface area (Å²) in [6.07, 6.45) is -1.34. The van der Waals surface area contributed by atoms with Crippen molar-refractivity contribution in [3.05, 3.63) is 16.1 Å². The lowest BCUT2D eigenvalue weighted by Gasteiger charge is -2.39. The molecule has 154 valence electrons. The monoisotopic (exact) mass is 410 g/mol. The number of rotatable bonds is 4. The molecule has 2 aliphatic heterocycles. The lowest BCUT2D eigenvalue weighted by Crippen LogP contribution is -2.47. The molecule has 27 heavy (non-hydrogen) atoms. The molecule has 0 unspecified atom stereocenters. The van der Waals surface area contributed by atoms with Crippen LogP contribution in [-0.4, -0.2) is 65.1 Å². The first-order chi connectivity index (χ1) is 12.6. The number of alkyl halides is 3. The quantitative estimate of drug-likeness (QED) is 0.822. The van der Waals surface area contributed by atoms with Gasteiger partial charge in [0.2, 0.25) is 0 Å². The molecule has 2 fully saturated rings. The molecule has 1 N–H and O–H groups in total. The van der Waals surface area contributed by atoms with E-state index in [1.165, 1.54) is 30.0 Å². The van der Waals surface area contributed by atoms with Crippen LogP contribution < -0.4 is 0 Å². The lowest BCUT2D eigenvalue weighted by atomic mass is 9.89. The molecule has 10 heteroatoms. The van der Waals surface area contributed by atoms with Crippen LogP contribution in [0.3, 0.4) is 0 Å². The molecule has 2 saturated heterocycles. The zero-order valence-electron chi connectivity index (χ0n) is 15.4. The second-order valence-corrected chi connectivity index (χ2v) is 7.69. The average Bonchev–Trinajstić information content (AvgIpc) is 3.15. The maximum Gasteiger partial charge on any atom is 0.490 e. The summed E-state index contributed by atoms with van der Waals surface area (Å²) in [6.45, 7) is 8.93. The minimum atomic E-state index is -5.08. The van der Waals surface area contributed by atoms with Gasteiger partial charge in [0.25, 0.3) is 0 Å². The molecule has 1 aromatic heterocycles. The van der Waals surface area contributed by atoms with Gasteiger partial charge in [0.1, 0.15) is 0 Å². The third-order valence-corrected chi connectivity index (χ3v) is 5.57. The van der Waals surface area contributed by atoms with Crippen LogP contribution in [-0.2, 0) is 20.8 Å². The highest BCUT2D eigenvalue weighted by molar-refractivity contribution is 7.09. The smallest absolute Gasteiger partial charge is 0.475 e. The van der Waals surface area contributed by atoms with E-state index in [0.29, 0.717) is 6.10 Å². The summed E-state index contributed by atoms with van der Waals surface area (Å²) in [5, 5.41) is 7.12. The van der Waals surface area contributed by atoms with E-state index in [2.05, 4.69) is 23.7 Å². The van der Waals surface area contributed by atoms with Crippen LogP contribution in [0.5, 0.6) is 0 Å². The van der Waals surface area contributed by atoms with Gasteiger partial charge in [0.15, 0.2) is 0 Å². The van der Waals surface area contributed by atoms with Crippen molar-refractivity contribution in [1.29, 1.82) is 0 Å². The number of aryl methyl sites for hydroxylation is 1. The van der Waals surface area contributed by atoms with E-state index in [9.17, 15) is 13.2 Å². The number of hydrogen-bond acceptors (Lipinski definition) is 6. The van der Waals surface area contributed by atoms with Gasteiger partial charge >= 0.3 is 12.1 Å². The summed E-state index contributed by atoms with van der Waals surface area (Å²) in [4.78, 5) is 17.2. The minimum absolute atomic E-state index is 0.0384. The van der Waals surface area contributed by atoms with Gasteiger partial charge in [-0.3, -0.25) is 4.90 Å². The summed E-state index contributed by atoms with van der Waals surface area (Å²) in [5.74, 6) is -2.76. The number of aromatic nitrogens is 1. The van der Waals surface area contributed by atoms with E-state index < -0.39 is 12.1 Å². The zero-order chi connectivity index (χ0) is 20.1. The SMILES string of the molecule is CCO[C@H]1CO[C@@]2(CCCN(Cc3scnc3C)C2)C1.O=C(O)C(F)(F)F. The summed E-state index contributed by atoms with van der Waals surface area (Å²) >= 11 is 1.76. The van der Waals surface area contributed by atoms with Crippen molar-refractivity contribution in [2.24, 2.45) is 0 Å². The van der Waals surface area contributed by atoms with Gasteiger partial charge in [-0.2, -0.15) is 13.2 Å². The Labute approximate surface area is 160 Å². The largest absolute Gasteiger partial charge is 0.490 e. The number of nitrogens with zero attached hydrogens (tertiary/aromatic N) is 2. The molecule has 1 aromatic rings. The second kappa shape index (κ2) is 9.31. The molecular weight excluding hydrogens is 385 g/mol. The Hall–Kier alpha value is -1.23. The van der Waals surface area contributed by atoms with Crippen LogP contribution in [0, 0.1) is 6.92 Å². The van der Waals surface area contributed by atoms with Gasteiger partial charge in [-0.1, -0.05) is 0 Å². The van der Waals surface area contributed by atoms with Gasteiger partial charge in [-0.05, 0) is 33.2 Å². The van der Waals surface area contributed by atoms with E-state index in [-0.39, 0.29) is 5.60 Å². The Morgan fingerprint density at radius 3 is 2.81 bits per heavy atom. The molecule has 2 aliphatic rings. The fourth-order valence-corrected chi connectivity index (χ4v) is 4.25. The van der Waals surface area contributed by atoms with Gasteiger partial charge in [-0.15, -0.1) is 11.3 Å². The molecule has 6 nitrogen and oxygen atoms in total. The molecule has 3 rings (SSSR count). The van der Waals surface area contributed by atoms with Crippen LogP contribution in [0.25, 0.3) is 0 Å². The fraction of sp³-hybridized carbons (Fsp3) is 0.765. The topological polar surface area (TPSA) is 71.9 Å². The Bertz CT molecular complexity index is 626. The van der Waals surface area contributed by atoms with Gasteiger partial charge < -0.3 is 14.6 Å². The summed E-state index contributed by atoms with van der Waals surface area (Å²) in [5.41, 5.74) is 3.16. The lowest BCUT2D eigenvalue weighted by molar-refractivity contribution is -0.192. The van der Waals surface area contributed by atoms with Crippen molar-refractivity contribution in [3.63, 3.8) is 0 Å². The highest BCUT2D eigenvalue weighted by Gasteiger charge is 2.43. The van der Waals surface area contributed by atoms with Crippen molar-refractivity contribution in [2.45, 2.75) is 57.5 Å². The number of ether oxygens (including phenoxy) is 2. The van der Waals surface area contributed by atoms with Crippen LogP contribution in [0.15, 0.2) is 5.51 Å². The fourth-order valence-electron chi connectivity index (χ4n) is 3.44. The molecule has 2 atom stereocenters. The van der Waals surface area contributed by atoms with Crippen molar-refractivity contribution in [1.82, 2.24) is 9.88 Å². The van der Waals surface area contributed by atoms with Gasteiger partial charge in [-0.25, -0.2) is 9.78 Å². The molecular formula is C17H25F3N2O4S. The van der Waals surface area contributed by atoms with Crippen molar-refractivity contribution in [2.75, 3.05) is 26.3 Å². The predicted molar refractivity (Wildman–Crippen MR) is 93.8 cm³/mol. The number of carbonyl (C=O) groups is 1. The van der Waals surface area contributed by atoms with E-state index in [1.54, 1.807) is 11.3 Å². The van der Waals surface area contributed by atoms with E-state index in [0.717, 1.165) is 32.7 Å². The number of likely N-dealkylation sites (tertiary alicyclic amines) is 1. The molecule has 3 heterocycles. The number of hydrogen-bond donors (Lipinski definition) is 1. The molecule has 0 saturated carbocycles. The number of thiazole rings is 1. The highest BCUT2D eigenvalue weighted by Crippen LogP contribution is 2.36. The zero-order valence-corrected chi connectivity index (χ0v) is 16.2. The third kappa shape index (κ3) is 6.41. The van der Waals surface area contributed by atoms with E-state index in [4.69, 9.17) is 19.4 Å². The average molecular weight is 410 g/mol. The van der Waals surface area contributed by atoms with Crippen LogP contribution >= 0.6 is 11.3 Å². The Kier molecular flexibility index (Phi) is 7.61. The van der Waals surface area contributed by atoms with Crippen LogP contribution in [0.4, 0.5) is 13.2 Å². The summed E-state index contributed by atoms with van der Waals surface area (Å²) in [7, 11) is 0. The molecule has 0 amide bonds. The first-order valence-corrected chi connectivity index (χ1v) is 9.70. The Balaban J connectivity index is 0.000000321. The molecule has 0 aromatic carbocycles. The molecule has 0 aliphatic carbocycles. The number of carboxylic acids is 1. The maximum atomic E-state index is 10.6. The first-order valence-electron chi connectivity index (χ1n) is 8.82. The second-order valence-electron chi connectivity index (χ2n) is 6.75. The number of aliphatic carboxylic acids is 1. The Morgan fingerprint density at radius 1 is 1.56 bits per heavy atom. The van der Waals surface area contributed by atoms with Gasteiger partial charge in [0, 0.05) is 31.0 Å². The van der Waals surface area contributed by atoms with E-state index >= 15 is 0 Å². The summed E-state index contributed by atoms with van der Waals surface area (Å²) in [6, 6.07) is 0. The molecule has 0 radical (unpaired) electrons. The molecule has 0 bridgehead atoms. The van der Waals surface area contributed by atoms with E-state index in [1.807, 2.05) is 5.51 Å². The first kappa shape index (κ1) is 22.1. The van der Waals surface area contributed by atoms with Crippen molar-refractivity contribution >= 4 is 17.3 Å². The van der Waals surface area contributed by atoms with Crippen LogP contribution in [0.1, 0.15) is 36.8 Å². The number of carboxylic acid groups (broad SMARTS) is 1. The van der Waals surface area contributed by atoms with Crippen LogP contribution in [0.2, 0.25) is 0 Å². The van der Waals surface area contributed by atoms with Crippen molar-refractivity contribution in [3.8, 4) is 0 Å². The summed E-state index contributed by atoms with van der Waals surface area (Å²) < 4.78 is 43.6. The predicted octanol–water partition coefficient (Wildman–Crippen LogP) is 3.24. The highest BCUT2D eigenvalue weighted by atomic mass is 32.1. The minimum Gasteiger partial charge on any atom is -0.475 e. The molecule has 1 spiro atoms. The third-order valence-electron chi connectivity index (χ3n) is 4.65. The van der Waals surface area contributed by atoms with Crippen molar-refractivity contribution < 1.29 is 32.5 Å². The number of halogens is 3.